The Labute approximate surface area is 126 Å². The number of urea groups is 1. The fourth-order valence-electron chi connectivity index (χ4n) is 1.87. The van der Waals surface area contributed by atoms with E-state index in [1.165, 1.54) is 6.21 Å². The lowest BCUT2D eigenvalue weighted by molar-refractivity contribution is 0.174. The Morgan fingerprint density at radius 1 is 1.14 bits per heavy atom. The second kappa shape index (κ2) is 6.04. The highest BCUT2D eigenvalue weighted by Crippen LogP contribution is 2.36. The van der Waals surface area contributed by atoms with Gasteiger partial charge in [-0.15, -0.1) is 0 Å². The zero-order valence-corrected chi connectivity index (χ0v) is 11.5. The highest BCUT2D eigenvalue weighted by molar-refractivity contribution is 5.81. The van der Waals surface area contributed by atoms with Crippen molar-refractivity contribution in [1.82, 2.24) is 5.43 Å². The van der Waals surface area contributed by atoms with Crippen molar-refractivity contribution in [2.45, 2.75) is 0 Å². The fraction of sp³-hybridized carbons (Fsp3) is 0.0667. The molecule has 3 rings (SSSR count). The molecule has 22 heavy (non-hydrogen) atoms. The molecule has 0 spiro atoms. The minimum absolute atomic E-state index is 0.228. The summed E-state index contributed by atoms with van der Waals surface area (Å²) in [5.41, 5.74) is 7.82. The van der Waals surface area contributed by atoms with Gasteiger partial charge in [0, 0.05) is 6.07 Å². The van der Waals surface area contributed by atoms with E-state index in [1.54, 1.807) is 42.5 Å². The van der Waals surface area contributed by atoms with Crippen molar-refractivity contribution in [1.29, 1.82) is 0 Å². The van der Waals surface area contributed by atoms with Crippen molar-refractivity contribution in [2.24, 2.45) is 10.8 Å². The van der Waals surface area contributed by atoms with Gasteiger partial charge >= 0.3 is 6.03 Å². The molecule has 0 fully saturated rings. The summed E-state index contributed by atoms with van der Waals surface area (Å²) in [5.74, 6) is 2.69. The molecule has 3 N–H and O–H groups in total. The molecule has 7 heteroatoms. The summed E-state index contributed by atoms with van der Waals surface area (Å²) in [6, 6.07) is 11.8. The van der Waals surface area contributed by atoms with Gasteiger partial charge in [0.15, 0.2) is 11.5 Å². The van der Waals surface area contributed by atoms with Gasteiger partial charge in [0.05, 0.1) is 6.21 Å². The Balaban J connectivity index is 1.66. The standard InChI is InChI=1S/C15H13N3O4/c16-15(19)18-17-8-10-1-3-11(4-2-10)22-12-5-6-13-14(7-12)21-9-20-13/h1-8H,9H2,(H3,16,18,19)/b17-8+. The molecule has 0 saturated carbocycles. The number of nitrogens with zero attached hydrogens (tertiary/aromatic N) is 1. The van der Waals surface area contributed by atoms with Gasteiger partial charge in [0.2, 0.25) is 6.79 Å². The first-order valence-corrected chi connectivity index (χ1v) is 6.47. The molecular weight excluding hydrogens is 286 g/mol. The lowest BCUT2D eigenvalue weighted by Gasteiger charge is -2.06. The maximum Gasteiger partial charge on any atom is 0.332 e. The SMILES string of the molecule is NC(=O)N/N=C/c1ccc(Oc2ccc3c(c2)OCO3)cc1. The van der Waals surface area contributed by atoms with Crippen LogP contribution >= 0.6 is 0 Å². The zero-order valence-electron chi connectivity index (χ0n) is 11.5. The Hall–Kier alpha value is -3.22. The van der Waals surface area contributed by atoms with E-state index in [0.717, 1.165) is 5.56 Å². The summed E-state index contributed by atoms with van der Waals surface area (Å²) in [4.78, 5) is 10.5. The molecule has 0 saturated heterocycles. The molecule has 0 unspecified atom stereocenters. The molecule has 0 aromatic heterocycles. The zero-order chi connectivity index (χ0) is 15.4. The van der Waals surface area contributed by atoms with Crippen LogP contribution in [0.1, 0.15) is 5.56 Å². The number of nitrogens with two attached hydrogens (primary N) is 1. The second-order valence-corrected chi connectivity index (χ2v) is 4.42. The highest BCUT2D eigenvalue weighted by Gasteiger charge is 2.13. The van der Waals surface area contributed by atoms with Crippen LogP contribution in [0.25, 0.3) is 0 Å². The van der Waals surface area contributed by atoms with Crippen molar-refractivity contribution in [3.05, 3.63) is 48.0 Å². The smallest absolute Gasteiger partial charge is 0.332 e. The number of nitrogens with one attached hydrogen (secondary N) is 1. The number of fused-ring (bicyclic) bond motifs is 1. The van der Waals surface area contributed by atoms with Gasteiger partial charge in [0.1, 0.15) is 11.5 Å². The van der Waals surface area contributed by atoms with Gasteiger partial charge < -0.3 is 19.9 Å². The monoisotopic (exact) mass is 299 g/mol. The highest BCUT2D eigenvalue weighted by atomic mass is 16.7. The van der Waals surface area contributed by atoms with Gasteiger partial charge in [-0.05, 0) is 42.0 Å². The molecule has 2 aromatic carbocycles. The number of rotatable bonds is 4. The van der Waals surface area contributed by atoms with Gasteiger partial charge in [-0.1, -0.05) is 0 Å². The number of hydrazone groups is 1. The van der Waals surface area contributed by atoms with Crippen LogP contribution in [-0.2, 0) is 0 Å². The maximum atomic E-state index is 10.5. The van der Waals surface area contributed by atoms with Crippen LogP contribution in [-0.4, -0.2) is 19.0 Å². The lowest BCUT2D eigenvalue weighted by atomic mass is 10.2. The van der Waals surface area contributed by atoms with Crippen LogP contribution in [0.2, 0.25) is 0 Å². The number of carbonyl (C=O) groups excluding carboxylic acids is 1. The number of ether oxygens (including phenoxy) is 3. The normalized spacial score (nSPS) is 12.4. The molecule has 0 bridgehead atoms. The summed E-state index contributed by atoms with van der Waals surface area (Å²) in [6.45, 7) is 0.228. The Morgan fingerprint density at radius 2 is 1.86 bits per heavy atom. The number of benzene rings is 2. The first-order chi connectivity index (χ1) is 10.7. The van der Waals surface area contributed by atoms with Crippen LogP contribution in [0.15, 0.2) is 47.6 Å². The van der Waals surface area contributed by atoms with Crippen LogP contribution in [0.5, 0.6) is 23.0 Å². The Bertz CT molecular complexity index is 713. The molecule has 112 valence electrons. The fourth-order valence-corrected chi connectivity index (χ4v) is 1.87. The summed E-state index contributed by atoms with van der Waals surface area (Å²) in [5, 5.41) is 3.67. The van der Waals surface area contributed by atoms with Gasteiger partial charge in [-0.25, -0.2) is 10.2 Å². The van der Waals surface area contributed by atoms with E-state index in [9.17, 15) is 4.79 Å². The molecule has 1 aliphatic rings. The van der Waals surface area contributed by atoms with E-state index >= 15 is 0 Å². The predicted octanol–water partition coefficient (Wildman–Crippen LogP) is 2.21. The van der Waals surface area contributed by atoms with Crippen LogP contribution < -0.4 is 25.4 Å². The quantitative estimate of drug-likeness (QED) is 0.668. The van der Waals surface area contributed by atoms with E-state index in [-0.39, 0.29) is 6.79 Å². The van der Waals surface area contributed by atoms with Crippen molar-refractivity contribution >= 4 is 12.2 Å². The van der Waals surface area contributed by atoms with Crippen LogP contribution in [0, 0.1) is 0 Å². The first kappa shape index (κ1) is 13.7. The number of primary amides is 1. The molecule has 1 aliphatic heterocycles. The summed E-state index contributed by atoms with van der Waals surface area (Å²) in [7, 11) is 0. The van der Waals surface area contributed by atoms with E-state index in [0.29, 0.717) is 23.0 Å². The van der Waals surface area contributed by atoms with Crippen LogP contribution in [0.3, 0.4) is 0 Å². The minimum atomic E-state index is -0.709. The Kier molecular flexibility index (Phi) is 3.78. The van der Waals surface area contributed by atoms with Gasteiger partial charge in [-0.2, -0.15) is 5.10 Å². The molecule has 7 nitrogen and oxygen atoms in total. The maximum absolute atomic E-state index is 10.5. The van der Waals surface area contributed by atoms with Gasteiger partial charge in [0.25, 0.3) is 0 Å². The molecule has 2 aromatic rings. The number of hydrogen-bond acceptors (Lipinski definition) is 5. The van der Waals surface area contributed by atoms with E-state index in [2.05, 4.69) is 10.5 Å². The number of hydrogen-bond donors (Lipinski definition) is 2. The van der Waals surface area contributed by atoms with Crippen molar-refractivity contribution in [3.8, 4) is 23.0 Å². The molecule has 0 aliphatic carbocycles. The minimum Gasteiger partial charge on any atom is -0.457 e. The average Bonchev–Trinajstić information content (AvgIpc) is 2.96. The average molecular weight is 299 g/mol. The first-order valence-electron chi connectivity index (χ1n) is 6.47. The molecule has 2 amide bonds. The van der Waals surface area contributed by atoms with Crippen LogP contribution in [0.4, 0.5) is 4.79 Å². The van der Waals surface area contributed by atoms with Gasteiger partial charge in [-0.3, -0.25) is 0 Å². The number of amides is 2. The Morgan fingerprint density at radius 3 is 2.64 bits per heavy atom. The number of carbonyl (C=O) groups is 1. The third kappa shape index (κ3) is 3.26. The van der Waals surface area contributed by atoms with Crippen molar-refractivity contribution in [3.63, 3.8) is 0 Å². The van der Waals surface area contributed by atoms with E-state index < -0.39 is 6.03 Å². The van der Waals surface area contributed by atoms with Crippen molar-refractivity contribution < 1.29 is 19.0 Å². The third-order valence-electron chi connectivity index (χ3n) is 2.85. The molecule has 0 atom stereocenters. The molecule has 0 radical (unpaired) electrons. The predicted molar refractivity (Wildman–Crippen MR) is 79.4 cm³/mol. The molecular formula is C15H13N3O4. The topological polar surface area (TPSA) is 95.2 Å². The van der Waals surface area contributed by atoms with E-state index in [4.69, 9.17) is 19.9 Å². The molecule has 1 heterocycles. The third-order valence-corrected chi connectivity index (χ3v) is 2.85. The van der Waals surface area contributed by atoms with Crippen molar-refractivity contribution in [2.75, 3.05) is 6.79 Å². The second-order valence-electron chi connectivity index (χ2n) is 4.42. The summed E-state index contributed by atoms with van der Waals surface area (Å²) in [6.07, 6.45) is 1.48. The lowest BCUT2D eigenvalue weighted by Crippen LogP contribution is -2.24. The summed E-state index contributed by atoms with van der Waals surface area (Å²) >= 11 is 0. The largest absolute Gasteiger partial charge is 0.457 e. The summed E-state index contributed by atoms with van der Waals surface area (Å²) < 4.78 is 16.3. The van der Waals surface area contributed by atoms with E-state index in [1.807, 2.05) is 0 Å².